The molecule has 1 saturated heterocycles. The first-order valence-corrected chi connectivity index (χ1v) is 9.15. The van der Waals surface area contributed by atoms with E-state index >= 15 is 0 Å². The molecule has 130 valence electrons. The molecule has 1 N–H and O–H groups in total. The van der Waals surface area contributed by atoms with E-state index in [0.717, 1.165) is 31.8 Å². The monoisotopic (exact) mass is 329 g/mol. The summed E-state index contributed by atoms with van der Waals surface area (Å²) in [4.78, 5) is 0. The van der Waals surface area contributed by atoms with Crippen molar-refractivity contribution in [1.82, 2.24) is 24.9 Å². The van der Waals surface area contributed by atoms with Gasteiger partial charge in [0, 0.05) is 45.1 Å². The van der Waals surface area contributed by atoms with E-state index in [-0.39, 0.29) is 6.10 Å². The van der Waals surface area contributed by atoms with Gasteiger partial charge in [0.15, 0.2) is 0 Å². The van der Waals surface area contributed by atoms with Crippen molar-refractivity contribution < 1.29 is 4.74 Å². The van der Waals surface area contributed by atoms with Gasteiger partial charge in [-0.25, -0.2) is 0 Å². The number of hydrogen-bond acceptors (Lipinski definition) is 4. The van der Waals surface area contributed by atoms with Crippen LogP contribution in [0.4, 0.5) is 0 Å². The van der Waals surface area contributed by atoms with Crippen LogP contribution >= 0.6 is 0 Å². The first-order chi connectivity index (χ1) is 11.8. The van der Waals surface area contributed by atoms with E-state index in [4.69, 9.17) is 9.84 Å². The maximum absolute atomic E-state index is 5.94. The molecule has 1 saturated carbocycles. The minimum Gasteiger partial charge on any atom is -0.372 e. The Hall–Kier alpha value is -1.66. The summed E-state index contributed by atoms with van der Waals surface area (Å²) in [5.74, 6) is 0.498. The zero-order chi connectivity index (χ0) is 16.4. The molecule has 0 aromatic carbocycles. The first kappa shape index (κ1) is 15.8. The minimum atomic E-state index is 0.154. The summed E-state index contributed by atoms with van der Waals surface area (Å²) in [7, 11) is 1.98. The Labute approximate surface area is 143 Å². The maximum atomic E-state index is 5.94. The standard InChI is InChI=1S/C18H27N5O/c1-22-17(6-9-20-22)18-14(8-11-24-18)12-19-13-15-7-10-23(21-15)16-4-2-3-5-16/h6-7,9-10,14,16,18-19H,2-5,8,11-13H2,1H3/t14-,18+/m0/s1. The largest absolute Gasteiger partial charge is 0.372 e. The predicted octanol–water partition coefficient (Wildman–Crippen LogP) is 2.60. The van der Waals surface area contributed by atoms with Crippen molar-refractivity contribution in [2.45, 2.75) is 50.8 Å². The van der Waals surface area contributed by atoms with Crippen molar-refractivity contribution in [3.05, 3.63) is 35.9 Å². The smallest absolute Gasteiger partial charge is 0.103 e. The van der Waals surface area contributed by atoms with Crippen LogP contribution in [0.2, 0.25) is 0 Å². The van der Waals surface area contributed by atoms with Crippen molar-refractivity contribution in [1.29, 1.82) is 0 Å². The van der Waals surface area contributed by atoms with Crippen LogP contribution in [0.15, 0.2) is 24.5 Å². The van der Waals surface area contributed by atoms with Crippen LogP contribution in [0.5, 0.6) is 0 Å². The van der Waals surface area contributed by atoms with Gasteiger partial charge < -0.3 is 10.1 Å². The van der Waals surface area contributed by atoms with Crippen LogP contribution < -0.4 is 5.32 Å². The van der Waals surface area contributed by atoms with Crippen molar-refractivity contribution >= 4 is 0 Å². The number of aromatic nitrogens is 4. The Bertz CT molecular complexity index is 658. The highest BCUT2D eigenvalue weighted by Crippen LogP contribution is 2.33. The molecule has 6 heteroatoms. The van der Waals surface area contributed by atoms with Gasteiger partial charge in [-0.3, -0.25) is 9.36 Å². The second-order valence-electron chi connectivity index (χ2n) is 7.08. The van der Waals surface area contributed by atoms with E-state index in [1.165, 1.54) is 31.4 Å². The molecule has 0 spiro atoms. The van der Waals surface area contributed by atoms with Crippen LogP contribution in [0.25, 0.3) is 0 Å². The summed E-state index contributed by atoms with van der Waals surface area (Å²) in [6, 6.07) is 4.83. The molecule has 0 radical (unpaired) electrons. The van der Waals surface area contributed by atoms with Crippen LogP contribution in [0.3, 0.4) is 0 Å². The number of hydrogen-bond donors (Lipinski definition) is 1. The molecule has 24 heavy (non-hydrogen) atoms. The second-order valence-corrected chi connectivity index (χ2v) is 7.08. The molecule has 2 aromatic heterocycles. The molecule has 4 rings (SSSR count). The van der Waals surface area contributed by atoms with Gasteiger partial charge in [0.05, 0.1) is 17.4 Å². The normalized spacial score (nSPS) is 24.9. The number of rotatable bonds is 6. The fraction of sp³-hybridized carbons (Fsp3) is 0.667. The molecular formula is C18H27N5O. The Morgan fingerprint density at radius 3 is 2.92 bits per heavy atom. The summed E-state index contributed by atoms with van der Waals surface area (Å²) in [5.41, 5.74) is 2.31. The lowest BCUT2D eigenvalue weighted by atomic mass is 9.99. The van der Waals surface area contributed by atoms with Crippen LogP contribution in [-0.4, -0.2) is 32.7 Å². The molecule has 2 aliphatic rings. The van der Waals surface area contributed by atoms with Crippen LogP contribution in [-0.2, 0) is 18.3 Å². The van der Waals surface area contributed by atoms with Gasteiger partial charge in [-0.1, -0.05) is 12.8 Å². The fourth-order valence-electron chi connectivity index (χ4n) is 4.06. The first-order valence-electron chi connectivity index (χ1n) is 9.15. The highest BCUT2D eigenvalue weighted by Gasteiger charge is 2.31. The minimum absolute atomic E-state index is 0.154. The third-order valence-electron chi connectivity index (χ3n) is 5.44. The van der Waals surface area contributed by atoms with Gasteiger partial charge in [-0.05, 0) is 31.4 Å². The van der Waals surface area contributed by atoms with Crippen molar-refractivity contribution in [3.8, 4) is 0 Å². The van der Waals surface area contributed by atoms with E-state index in [1.807, 2.05) is 17.9 Å². The molecule has 6 nitrogen and oxygen atoms in total. The van der Waals surface area contributed by atoms with Crippen molar-refractivity contribution in [3.63, 3.8) is 0 Å². The highest BCUT2D eigenvalue weighted by molar-refractivity contribution is 5.08. The van der Waals surface area contributed by atoms with Crippen LogP contribution in [0, 0.1) is 5.92 Å². The quantitative estimate of drug-likeness (QED) is 0.885. The number of ether oxygens (including phenoxy) is 1. The SMILES string of the molecule is Cn1nccc1[C@@H]1OCC[C@H]1CNCc1ccn(C2CCCC2)n1. The Kier molecular flexibility index (Phi) is 4.67. The van der Waals surface area contributed by atoms with Crippen molar-refractivity contribution in [2.24, 2.45) is 13.0 Å². The van der Waals surface area contributed by atoms with Gasteiger partial charge in [0.25, 0.3) is 0 Å². The molecule has 0 unspecified atom stereocenters. The summed E-state index contributed by atoms with van der Waals surface area (Å²) >= 11 is 0. The fourth-order valence-corrected chi connectivity index (χ4v) is 4.06. The Balaban J connectivity index is 1.30. The van der Waals surface area contributed by atoms with Gasteiger partial charge >= 0.3 is 0 Å². The second kappa shape index (κ2) is 7.07. The van der Waals surface area contributed by atoms with Gasteiger partial charge in [0.2, 0.25) is 0 Å². The molecule has 0 bridgehead atoms. The number of nitrogens with zero attached hydrogens (tertiary/aromatic N) is 4. The summed E-state index contributed by atoms with van der Waals surface area (Å²) < 4.78 is 10.0. The Morgan fingerprint density at radius 1 is 1.25 bits per heavy atom. The van der Waals surface area contributed by atoms with E-state index in [0.29, 0.717) is 12.0 Å². The summed E-state index contributed by atoms with van der Waals surface area (Å²) in [6.45, 7) is 2.61. The lowest BCUT2D eigenvalue weighted by Crippen LogP contribution is -2.25. The average molecular weight is 329 g/mol. The molecule has 3 heterocycles. The molecule has 1 aliphatic heterocycles. The zero-order valence-electron chi connectivity index (χ0n) is 14.4. The number of aryl methyl sites for hydroxylation is 1. The molecule has 2 aromatic rings. The lowest BCUT2D eigenvalue weighted by Gasteiger charge is -2.19. The average Bonchev–Trinajstić information content (AvgIpc) is 3.35. The number of nitrogens with one attached hydrogen (secondary N) is 1. The maximum Gasteiger partial charge on any atom is 0.103 e. The summed E-state index contributed by atoms with van der Waals surface area (Å²) in [6.07, 6.45) is 10.5. The molecule has 2 atom stereocenters. The predicted molar refractivity (Wildman–Crippen MR) is 91.4 cm³/mol. The van der Waals surface area contributed by atoms with E-state index in [2.05, 4.69) is 33.4 Å². The molecule has 2 fully saturated rings. The molecular weight excluding hydrogens is 302 g/mol. The van der Waals surface area contributed by atoms with Gasteiger partial charge in [-0.2, -0.15) is 10.2 Å². The third kappa shape index (κ3) is 3.26. The van der Waals surface area contributed by atoms with E-state index in [1.54, 1.807) is 0 Å². The Morgan fingerprint density at radius 2 is 2.12 bits per heavy atom. The molecule has 0 amide bonds. The van der Waals surface area contributed by atoms with E-state index in [9.17, 15) is 0 Å². The van der Waals surface area contributed by atoms with Crippen molar-refractivity contribution in [2.75, 3.05) is 13.2 Å². The summed E-state index contributed by atoms with van der Waals surface area (Å²) in [5, 5.41) is 12.6. The van der Waals surface area contributed by atoms with E-state index < -0.39 is 0 Å². The topological polar surface area (TPSA) is 56.9 Å². The zero-order valence-corrected chi connectivity index (χ0v) is 14.4. The molecule has 1 aliphatic carbocycles. The lowest BCUT2D eigenvalue weighted by molar-refractivity contribution is 0.0837. The third-order valence-corrected chi connectivity index (χ3v) is 5.44. The van der Waals surface area contributed by atoms with Gasteiger partial charge in [-0.15, -0.1) is 0 Å². The highest BCUT2D eigenvalue weighted by atomic mass is 16.5. The van der Waals surface area contributed by atoms with Crippen LogP contribution in [0.1, 0.15) is 55.6 Å². The van der Waals surface area contributed by atoms with Gasteiger partial charge in [0.1, 0.15) is 6.10 Å².